The van der Waals surface area contributed by atoms with E-state index in [4.69, 9.17) is 9.47 Å². The van der Waals surface area contributed by atoms with E-state index in [0.717, 1.165) is 22.6 Å². The van der Waals surface area contributed by atoms with Gasteiger partial charge in [0.05, 0.1) is 20.2 Å². The zero-order valence-corrected chi connectivity index (χ0v) is 12.8. The maximum absolute atomic E-state index is 12.3. The largest absolute Gasteiger partial charge is 0.497 e. The number of nitrogens with zero attached hydrogens (tertiary/aromatic N) is 1. The van der Waals surface area contributed by atoms with Gasteiger partial charge < -0.3 is 14.4 Å². The van der Waals surface area contributed by atoms with Gasteiger partial charge in [-0.2, -0.15) is 0 Å². The molecule has 0 unspecified atom stereocenters. The van der Waals surface area contributed by atoms with E-state index in [9.17, 15) is 4.79 Å². The summed E-state index contributed by atoms with van der Waals surface area (Å²) in [5.41, 5.74) is 1.88. The van der Waals surface area contributed by atoms with Gasteiger partial charge in [-0.15, -0.1) is 0 Å². The molecule has 114 valence electrons. The van der Waals surface area contributed by atoms with Crippen molar-refractivity contribution in [1.29, 1.82) is 0 Å². The van der Waals surface area contributed by atoms with Gasteiger partial charge in [0, 0.05) is 5.56 Å². The summed E-state index contributed by atoms with van der Waals surface area (Å²) in [6.45, 7) is 3.26. The fourth-order valence-electron chi connectivity index (χ4n) is 2.40. The van der Waals surface area contributed by atoms with Crippen molar-refractivity contribution in [3.63, 3.8) is 0 Å². The van der Waals surface area contributed by atoms with E-state index < -0.39 is 0 Å². The Labute approximate surface area is 130 Å². The molecule has 0 spiro atoms. The van der Waals surface area contributed by atoms with Crippen molar-refractivity contribution in [2.45, 2.75) is 13.0 Å². The first-order valence-electron chi connectivity index (χ1n) is 7.32. The number of benzene rings is 2. The summed E-state index contributed by atoms with van der Waals surface area (Å²) in [5.74, 6) is 1.67. The molecule has 2 aromatic carbocycles. The Morgan fingerprint density at radius 3 is 2.18 bits per heavy atom. The zero-order chi connectivity index (χ0) is 15.5. The van der Waals surface area contributed by atoms with Gasteiger partial charge in [-0.25, -0.2) is 0 Å². The molecule has 1 heterocycles. The molecular weight excluding hydrogens is 278 g/mol. The minimum atomic E-state index is 0.0581. The Morgan fingerprint density at radius 2 is 1.59 bits per heavy atom. The van der Waals surface area contributed by atoms with Crippen molar-refractivity contribution >= 4 is 5.91 Å². The van der Waals surface area contributed by atoms with Crippen LogP contribution in [0.5, 0.6) is 11.5 Å². The van der Waals surface area contributed by atoms with Crippen molar-refractivity contribution < 1.29 is 14.3 Å². The van der Waals surface area contributed by atoms with Crippen molar-refractivity contribution in [2.75, 3.05) is 20.2 Å². The molecule has 3 rings (SSSR count). The fourth-order valence-corrected chi connectivity index (χ4v) is 2.40. The third-order valence-corrected chi connectivity index (χ3v) is 3.80. The van der Waals surface area contributed by atoms with E-state index in [1.54, 1.807) is 12.0 Å². The van der Waals surface area contributed by atoms with Gasteiger partial charge in [-0.05, 0) is 43.3 Å². The Morgan fingerprint density at radius 1 is 1.00 bits per heavy atom. The highest BCUT2D eigenvalue weighted by atomic mass is 16.5. The number of ether oxygens (including phenoxy) is 2. The quantitative estimate of drug-likeness (QED) is 0.871. The Balaban J connectivity index is 1.53. The second kappa shape index (κ2) is 6.10. The van der Waals surface area contributed by atoms with E-state index in [0.29, 0.717) is 13.1 Å². The molecule has 0 N–H and O–H groups in total. The van der Waals surface area contributed by atoms with Crippen LogP contribution in [0.3, 0.4) is 0 Å². The predicted molar refractivity (Wildman–Crippen MR) is 84.5 cm³/mol. The monoisotopic (exact) mass is 297 g/mol. The number of likely N-dealkylation sites (tertiary alicyclic amines) is 1. The first-order valence-corrected chi connectivity index (χ1v) is 7.32. The standard InChI is InChI=1S/C18H19NO3/c1-13-3-5-14(6-4-13)18(20)19-11-17(12-19)22-16-9-7-15(21-2)8-10-16/h3-10,17H,11-12H2,1-2H3. The number of hydrogen-bond acceptors (Lipinski definition) is 3. The summed E-state index contributed by atoms with van der Waals surface area (Å²) >= 11 is 0. The van der Waals surface area contributed by atoms with Gasteiger partial charge in [0.15, 0.2) is 0 Å². The molecule has 0 atom stereocenters. The molecule has 0 radical (unpaired) electrons. The highest BCUT2D eigenvalue weighted by Gasteiger charge is 2.32. The first-order chi connectivity index (χ1) is 10.7. The third-order valence-electron chi connectivity index (χ3n) is 3.80. The molecule has 1 amide bonds. The molecule has 0 saturated carbocycles. The van der Waals surface area contributed by atoms with E-state index in [2.05, 4.69) is 0 Å². The molecule has 1 fully saturated rings. The van der Waals surface area contributed by atoms with Crippen molar-refractivity contribution in [3.05, 3.63) is 59.7 Å². The number of hydrogen-bond donors (Lipinski definition) is 0. The van der Waals surface area contributed by atoms with Crippen molar-refractivity contribution in [2.24, 2.45) is 0 Å². The lowest BCUT2D eigenvalue weighted by atomic mass is 10.1. The summed E-state index contributed by atoms with van der Waals surface area (Å²) in [4.78, 5) is 14.1. The number of carbonyl (C=O) groups is 1. The summed E-state index contributed by atoms with van der Waals surface area (Å²) in [6, 6.07) is 15.1. The molecule has 1 aliphatic rings. The third kappa shape index (κ3) is 3.06. The van der Waals surface area contributed by atoms with Crippen LogP contribution in [0.1, 0.15) is 15.9 Å². The summed E-state index contributed by atoms with van der Waals surface area (Å²) in [5, 5.41) is 0. The Kier molecular flexibility index (Phi) is 4.00. The molecule has 1 saturated heterocycles. The minimum Gasteiger partial charge on any atom is -0.497 e. The maximum atomic E-state index is 12.3. The van der Waals surface area contributed by atoms with E-state index in [1.165, 1.54) is 0 Å². The van der Waals surface area contributed by atoms with Crippen LogP contribution in [-0.4, -0.2) is 37.1 Å². The summed E-state index contributed by atoms with van der Waals surface area (Å²) in [7, 11) is 1.64. The van der Waals surface area contributed by atoms with Gasteiger partial charge in [0.1, 0.15) is 17.6 Å². The van der Waals surface area contributed by atoms with E-state index in [1.807, 2.05) is 55.5 Å². The molecule has 4 nitrogen and oxygen atoms in total. The smallest absolute Gasteiger partial charge is 0.254 e. The van der Waals surface area contributed by atoms with Crippen LogP contribution >= 0.6 is 0 Å². The lowest BCUT2D eigenvalue weighted by molar-refractivity contribution is 0.0178. The lowest BCUT2D eigenvalue weighted by Gasteiger charge is -2.39. The van der Waals surface area contributed by atoms with Crippen LogP contribution in [0.25, 0.3) is 0 Å². The lowest BCUT2D eigenvalue weighted by Crippen LogP contribution is -2.56. The van der Waals surface area contributed by atoms with E-state index in [-0.39, 0.29) is 12.0 Å². The van der Waals surface area contributed by atoms with Crippen LogP contribution in [0.15, 0.2) is 48.5 Å². The molecular formula is C18H19NO3. The number of methoxy groups -OCH3 is 1. The number of aryl methyl sites for hydroxylation is 1. The van der Waals surface area contributed by atoms with Crippen LogP contribution in [-0.2, 0) is 0 Å². The minimum absolute atomic E-state index is 0.0581. The number of rotatable bonds is 4. The molecule has 22 heavy (non-hydrogen) atoms. The molecule has 0 bridgehead atoms. The van der Waals surface area contributed by atoms with Crippen LogP contribution in [0.2, 0.25) is 0 Å². The zero-order valence-electron chi connectivity index (χ0n) is 12.8. The fraction of sp³-hybridized carbons (Fsp3) is 0.278. The average molecular weight is 297 g/mol. The summed E-state index contributed by atoms with van der Waals surface area (Å²) < 4.78 is 10.9. The van der Waals surface area contributed by atoms with Crippen LogP contribution < -0.4 is 9.47 Å². The Hall–Kier alpha value is -2.49. The van der Waals surface area contributed by atoms with Crippen LogP contribution in [0.4, 0.5) is 0 Å². The molecule has 4 heteroatoms. The van der Waals surface area contributed by atoms with E-state index >= 15 is 0 Å². The molecule has 1 aliphatic heterocycles. The topological polar surface area (TPSA) is 38.8 Å². The Bertz CT molecular complexity index is 643. The van der Waals surface area contributed by atoms with Gasteiger partial charge in [0.25, 0.3) is 5.91 Å². The SMILES string of the molecule is COc1ccc(OC2CN(C(=O)c3ccc(C)cc3)C2)cc1. The first kappa shape index (κ1) is 14.4. The highest BCUT2D eigenvalue weighted by Crippen LogP contribution is 2.22. The van der Waals surface area contributed by atoms with Crippen LogP contribution in [0, 0.1) is 6.92 Å². The number of carbonyl (C=O) groups excluding carboxylic acids is 1. The predicted octanol–water partition coefficient (Wildman–Crippen LogP) is 2.91. The second-order valence-electron chi connectivity index (χ2n) is 5.49. The maximum Gasteiger partial charge on any atom is 0.254 e. The van der Waals surface area contributed by atoms with Gasteiger partial charge in [0.2, 0.25) is 0 Å². The number of amides is 1. The molecule has 2 aromatic rings. The summed E-state index contributed by atoms with van der Waals surface area (Å²) in [6.07, 6.45) is 0.0581. The molecule has 0 aliphatic carbocycles. The van der Waals surface area contributed by atoms with Crippen molar-refractivity contribution in [1.82, 2.24) is 4.90 Å². The van der Waals surface area contributed by atoms with Gasteiger partial charge in [-0.3, -0.25) is 4.79 Å². The molecule has 0 aromatic heterocycles. The van der Waals surface area contributed by atoms with Gasteiger partial charge >= 0.3 is 0 Å². The highest BCUT2D eigenvalue weighted by molar-refractivity contribution is 5.94. The normalized spacial score (nSPS) is 14.4. The second-order valence-corrected chi connectivity index (χ2v) is 5.49. The average Bonchev–Trinajstić information content (AvgIpc) is 2.51. The van der Waals surface area contributed by atoms with Gasteiger partial charge in [-0.1, -0.05) is 17.7 Å². The van der Waals surface area contributed by atoms with Crippen molar-refractivity contribution in [3.8, 4) is 11.5 Å².